The summed E-state index contributed by atoms with van der Waals surface area (Å²) in [5, 5.41) is 12.7. The molecule has 0 radical (unpaired) electrons. The van der Waals surface area contributed by atoms with Gasteiger partial charge in [0.25, 0.3) is 0 Å². The average molecular weight is 240 g/mol. The van der Waals surface area contributed by atoms with Crippen molar-refractivity contribution in [2.45, 2.75) is 18.9 Å². The van der Waals surface area contributed by atoms with Gasteiger partial charge in [0.2, 0.25) is 0 Å². The molecule has 0 fully saturated rings. The van der Waals surface area contributed by atoms with Crippen LogP contribution in [-0.4, -0.2) is 37.5 Å². The molecule has 0 aromatic rings. The summed E-state index contributed by atoms with van der Waals surface area (Å²) in [6.07, 6.45) is -0.349. The summed E-state index contributed by atoms with van der Waals surface area (Å²) in [5.41, 5.74) is 5.09. The number of likely N-dealkylation sites (N-methyl/N-ethyl adjacent to an activating group) is 1. The van der Waals surface area contributed by atoms with Crippen molar-refractivity contribution in [3.8, 4) is 0 Å². The molecule has 0 amide bonds. The Bertz CT molecular complexity index is 259. The molecule has 0 aromatic carbocycles. The summed E-state index contributed by atoms with van der Waals surface area (Å²) in [5.74, 6) is -2.96. The summed E-state index contributed by atoms with van der Waals surface area (Å²) in [4.78, 5) is 31.9. The normalized spacial score (nSPS) is 11.1. The molecule has 0 aliphatic carbocycles. The quantitative estimate of drug-likeness (QED) is 0.269. The molecule has 1 atom stereocenters. The van der Waals surface area contributed by atoms with Gasteiger partial charge < -0.3 is 25.7 Å². The van der Waals surface area contributed by atoms with E-state index in [1.54, 1.807) is 0 Å². The van der Waals surface area contributed by atoms with Crippen molar-refractivity contribution in [2.24, 2.45) is 5.73 Å². The molecule has 7 nitrogen and oxygen atoms in total. The van der Waals surface area contributed by atoms with E-state index in [0.717, 1.165) is 0 Å². The number of aliphatic carboxylic acids is 1. The molecule has 0 aliphatic heterocycles. The van der Waals surface area contributed by atoms with Gasteiger partial charge in [0.15, 0.2) is 0 Å². The van der Waals surface area contributed by atoms with Crippen LogP contribution in [0.3, 0.4) is 0 Å². The zero-order valence-electron chi connectivity index (χ0n) is 9.32. The van der Waals surface area contributed by atoms with Gasteiger partial charge in [-0.3, -0.25) is 9.59 Å². The molecule has 3 N–H and O–H groups in total. The van der Waals surface area contributed by atoms with Crippen molar-refractivity contribution in [1.82, 2.24) is 5.32 Å². The first-order valence-electron chi connectivity index (χ1n) is 4.32. The van der Waals surface area contributed by atoms with E-state index in [2.05, 4.69) is 10.1 Å². The van der Waals surface area contributed by atoms with Crippen LogP contribution in [0.5, 0.6) is 0 Å². The zero-order chi connectivity index (χ0) is 11.8. The number of nitrogens with two attached hydrogens (primary N) is 1. The maximum atomic E-state index is 10.9. The van der Waals surface area contributed by atoms with Crippen molar-refractivity contribution in [3.05, 3.63) is 0 Å². The minimum atomic E-state index is -1.44. The van der Waals surface area contributed by atoms with Crippen LogP contribution in [0.1, 0.15) is 12.8 Å². The molecular formula is C8H13N2NaO5. The minimum absolute atomic E-state index is 0. The fourth-order valence-corrected chi connectivity index (χ4v) is 0.750. The van der Waals surface area contributed by atoms with Gasteiger partial charge in [0.1, 0.15) is 0 Å². The number of hydrogen-bond acceptors (Lipinski definition) is 7. The Morgan fingerprint density at radius 1 is 1.38 bits per heavy atom. The van der Waals surface area contributed by atoms with Gasteiger partial charge in [0, 0.05) is 12.5 Å². The second-order valence-electron chi connectivity index (χ2n) is 2.84. The monoisotopic (exact) mass is 240 g/mol. The summed E-state index contributed by atoms with van der Waals surface area (Å²) >= 11 is 0. The van der Waals surface area contributed by atoms with Gasteiger partial charge in [-0.05, 0) is 13.5 Å². The van der Waals surface area contributed by atoms with Crippen LogP contribution in [0, 0.1) is 0 Å². The van der Waals surface area contributed by atoms with Gasteiger partial charge >= 0.3 is 41.5 Å². The Labute approximate surface area is 115 Å². The van der Waals surface area contributed by atoms with Crippen LogP contribution in [0.2, 0.25) is 0 Å². The van der Waals surface area contributed by atoms with Crippen LogP contribution in [-0.2, 0) is 19.1 Å². The van der Waals surface area contributed by atoms with E-state index in [1.165, 1.54) is 7.05 Å². The number of carboxylic acids is 1. The third-order valence-electron chi connectivity index (χ3n) is 1.51. The van der Waals surface area contributed by atoms with Crippen LogP contribution >= 0.6 is 0 Å². The Morgan fingerprint density at radius 3 is 2.38 bits per heavy atom. The van der Waals surface area contributed by atoms with Crippen molar-refractivity contribution in [1.29, 1.82) is 0 Å². The number of esters is 2. The number of rotatable bonds is 6. The first-order valence-corrected chi connectivity index (χ1v) is 4.32. The van der Waals surface area contributed by atoms with Crippen LogP contribution in [0.4, 0.5) is 0 Å². The van der Waals surface area contributed by atoms with Gasteiger partial charge in [-0.1, -0.05) is 0 Å². The molecule has 8 heteroatoms. The topological polar surface area (TPSA) is 122 Å². The molecule has 0 heterocycles. The molecule has 16 heavy (non-hydrogen) atoms. The van der Waals surface area contributed by atoms with E-state index in [4.69, 9.17) is 5.73 Å². The molecule has 0 saturated heterocycles. The van der Waals surface area contributed by atoms with Gasteiger partial charge in [-0.2, -0.15) is 0 Å². The first kappa shape index (κ1) is 17.9. The Balaban J connectivity index is 0. The number of carbonyl (C=O) groups excluding carboxylic acids is 3. The van der Waals surface area contributed by atoms with Gasteiger partial charge in [-0.15, -0.1) is 0 Å². The Hall–Kier alpha value is -0.470. The molecule has 0 rings (SSSR count). The summed E-state index contributed by atoms with van der Waals surface area (Å²) in [6.45, 7) is -0.0850. The zero-order valence-corrected chi connectivity index (χ0v) is 11.3. The SMILES string of the molecule is CNCC(=O)OC(=O)CC[C@H](N)C(=O)[O-].[Na+]. The predicted octanol–water partition coefficient (Wildman–Crippen LogP) is -5.86. The van der Waals surface area contributed by atoms with E-state index in [-0.39, 0.29) is 48.9 Å². The second-order valence-corrected chi connectivity index (χ2v) is 2.84. The maximum Gasteiger partial charge on any atom is 1.00 e. The number of carboxylic acid groups (broad SMARTS) is 1. The molecule has 0 aliphatic rings. The van der Waals surface area contributed by atoms with E-state index in [0.29, 0.717) is 0 Å². The van der Waals surface area contributed by atoms with Crippen molar-refractivity contribution >= 4 is 17.9 Å². The van der Waals surface area contributed by atoms with Gasteiger partial charge in [-0.25, -0.2) is 0 Å². The van der Waals surface area contributed by atoms with E-state index >= 15 is 0 Å². The van der Waals surface area contributed by atoms with Crippen molar-refractivity contribution < 1.29 is 53.8 Å². The van der Waals surface area contributed by atoms with E-state index in [1.807, 2.05) is 0 Å². The molecule has 86 valence electrons. The summed E-state index contributed by atoms with van der Waals surface area (Å²) < 4.78 is 4.31. The summed E-state index contributed by atoms with van der Waals surface area (Å²) in [7, 11) is 1.53. The van der Waals surface area contributed by atoms with Crippen molar-refractivity contribution in [3.63, 3.8) is 0 Å². The van der Waals surface area contributed by atoms with E-state index < -0.39 is 23.9 Å². The molecule has 0 saturated carbocycles. The Kier molecular flexibility index (Phi) is 10.9. The minimum Gasteiger partial charge on any atom is -0.548 e. The van der Waals surface area contributed by atoms with E-state index in [9.17, 15) is 19.5 Å². The van der Waals surface area contributed by atoms with Crippen LogP contribution in [0.15, 0.2) is 0 Å². The number of hydrogen-bond donors (Lipinski definition) is 2. The fraction of sp³-hybridized carbons (Fsp3) is 0.625. The predicted molar refractivity (Wildman–Crippen MR) is 47.2 cm³/mol. The first-order chi connectivity index (χ1) is 6.97. The van der Waals surface area contributed by atoms with Crippen molar-refractivity contribution in [2.75, 3.05) is 13.6 Å². The average Bonchev–Trinajstić information content (AvgIpc) is 2.14. The summed E-state index contributed by atoms with van der Waals surface area (Å²) in [6, 6.07) is -1.23. The molecule has 0 spiro atoms. The third-order valence-corrected chi connectivity index (χ3v) is 1.51. The number of nitrogens with one attached hydrogen (secondary N) is 1. The number of carbonyl (C=O) groups is 3. The molecule has 0 aromatic heterocycles. The molecule has 0 bridgehead atoms. The Morgan fingerprint density at radius 2 is 1.94 bits per heavy atom. The molecule has 0 unspecified atom stereocenters. The third kappa shape index (κ3) is 8.81. The number of ether oxygens (including phenoxy) is 1. The fourth-order valence-electron chi connectivity index (χ4n) is 0.750. The largest absolute Gasteiger partial charge is 1.00 e. The second kappa shape index (κ2) is 9.73. The van der Waals surface area contributed by atoms with Gasteiger partial charge in [0.05, 0.1) is 12.5 Å². The smallest absolute Gasteiger partial charge is 0.548 e. The maximum absolute atomic E-state index is 10.9. The standard InChI is InChI=1S/C8H14N2O5.Na/c1-10-4-7(12)15-6(11)3-2-5(9)8(13)14;/h5,10H,2-4,9H2,1H3,(H,13,14);/q;+1/p-1/t5-;/m0./s1. The van der Waals surface area contributed by atoms with Crippen LogP contribution in [0.25, 0.3) is 0 Å². The molecular weight excluding hydrogens is 227 g/mol. The van der Waals surface area contributed by atoms with Crippen LogP contribution < -0.4 is 45.7 Å².